The van der Waals surface area contributed by atoms with Gasteiger partial charge in [0.05, 0.1) is 11.9 Å². The number of nitrogens with zero attached hydrogens (tertiary/aromatic N) is 7. The molecular formula is C21H18ClN9O2. The molecule has 0 radical (unpaired) electrons. The summed E-state index contributed by atoms with van der Waals surface area (Å²) in [5.41, 5.74) is 6.85. The summed E-state index contributed by atoms with van der Waals surface area (Å²) in [6.07, 6.45) is 2.76. The molecule has 5 aromatic rings. The molecule has 0 aliphatic rings. The minimum atomic E-state index is -1.68. The molecule has 0 fully saturated rings. The third-order valence-corrected chi connectivity index (χ3v) is 5.26. The van der Waals surface area contributed by atoms with Crippen molar-refractivity contribution >= 4 is 28.9 Å². The molecule has 166 valence electrons. The largest absolute Gasteiger partial charge is 0.421 e. The molecule has 1 atom stereocenters. The number of nitrogen functional groups attached to an aromatic ring is 1. The van der Waals surface area contributed by atoms with E-state index in [9.17, 15) is 5.11 Å². The number of aryl methyl sites for hydroxylation is 1. The zero-order chi connectivity index (χ0) is 23.2. The van der Waals surface area contributed by atoms with Gasteiger partial charge in [-0.25, -0.2) is 19.5 Å². The van der Waals surface area contributed by atoms with Crippen LogP contribution >= 0.6 is 11.6 Å². The Labute approximate surface area is 192 Å². The fraction of sp³-hybridized carbons (Fsp3) is 0.143. The molecule has 12 heteroatoms. The molecule has 0 saturated carbocycles. The zero-order valence-electron chi connectivity index (χ0n) is 17.6. The van der Waals surface area contributed by atoms with Gasteiger partial charge < -0.3 is 20.6 Å². The van der Waals surface area contributed by atoms with Gasteiger partial charge >= 0.3 is 0 Å². The standard InChI is InChI=1S/C21H18ClN9O2/c1-11-28-29-20(33-11)16-18(23)25-10-26-19(16)27-21(2,32)13-8-15-24-9-14(22)31(15)30-17(13)12-6-4-3-5-7-12/h3-10,32H,1-2H3,(H3,23,25,26,27). The summed E-state index contributed by atoms with van der Waals surface area (Å²) >= 11 is 6.24. The lowest BCUT2D eigenvalue weighted by molar-refractivity contribution is 0.0885. The monoisotopic (exact) mass is 463 g/mol. The minimum absolute atomic E-state index is 0.115. The van der Waals surface area contributed by atoms with Crippen molar-refractivity contribution < 1.29 is 9.52 Å². The maximum Gasteiger partial charge on any atom is 0.255 e. The van der Waals surface area contributed by atoms with Crippen LogP contribution in [0.1, 0.15) is 18.4 Å². The molecule has 11 nitrogen and oxygen atoms in total. The molecule has 0 saturated heterocycles. The predicted octanol–water partition coefficient (Wildman–Crippen LogP) is 3.06. The van der Waals surface area contributed by atoms with Crippen molar-refractivity contribution in [2.75, 3.05) is 11.1 Å². The smallest absolute Gasteiger partial charge is 0.255 e. The lowest BCUT2D eigenvalue weighted by Crippen LogP contribution is -2.33. The highest BCUT2D eigenvalue weighted by Gasteiger charge is 2.31. The van der Waals surface area contributed by atoms with Gasteiger partial charge in [-0.3, -0.25) is 0 Å². The van der Waals surface area contributed by atoms with Gasteiger partial charge in [-0.2, -0.15) is 5.10 Å². The Hall–Kier alpha value is -4.09. The number of hydrogen-bond donors (Lipinski definition) is 3. The Kier molecular flexibility index (Phi) is 4.91. The predicted molar refractivity (Wildman–Crippen MR) is 121 cm³/mol. The second-order valence-electron chi connectivity index (χ2n) is 7.43. The first-order valence-electron chi connectivity index (χ1n) is 9.85. The molecule has 4 heterocycles. The van der Waals surface area contributed by atoms with Crippen molar-refractivity contribution in [1.29, 1.82) is 0 Å². The number of benzene rings is 1. The number of hydrogen-bond acceptors (Lipinski definition) is 10. The lowest BCUT2D eigenvalue weighted by Gasteiger charge is -2.28. The summed E-state index contributed by atoms with van der Waals surface area (Å²) in [4.78, 5) is 12.5. The fourth-order valence-electron chi connectivity index (χ4n) is 3.47. The van der Waals surface area contributed by atoms with Gasteiger partial charge in [0, 0.05) is 18.1 Å². The van der Waals surface area contributed by atoms with Crippen molar-refractivity contribution in [1.82, 2.24) is 34.8 Å². The Morgan fingerprint density at radius 1 is 1.15 bits per heavy atom. The van der Waals surface area contributed by atoms with E-state index in [0.717, 1.165) is 5.56 Å². The van der Waals surface area contributed by atoms with Gasteiger partial charge in [0.2, 0.25) is 5.89 Å². The number of fused-ring (bicyclic) bond motifs is 1. The first-order valence-corrected chi connectivity index (χ1v) is 10.2. The first-order chi connectivity index (χ1) is 15.8. The maximum absolute atomic E-state index is 11.6. The van der Waals surface area contributed by atoms with Gasteiger partial charge in [-0.1, -0.05) is 41.9 Å². The van der Waals surface area contributed by atoms with Crippen molar-refractivity contribution in [2.45, 2.75) is 19.6 Å². The molecule has 0 aliphatic heterocycles. The lowest BCUT2D eigenvalue weighted by atomic mass is 9.98. The van der Waals surface area contributed by atoms with E-state index in [4.69, 9.17) is 21.8 Å². The molecule has 33 heavy (non-hydrogen) atoms. The van der Waals surface area contributed by atoms with Crippen LogP contribution in [0.25, 0.3) is 28.4 Å². The molecule has 0 amide bonds. The van der Waals surface area contributed by atoms with E-state index in [-0.39, 0.29) is 23.1 Å². The van der Waals surface area contributed by atoms with Crippen LogP contribution in [-0.2, 0) is 5.72 Å². The van der Waals surface area contributed by atoms with E-state index in [1.54, 1.807) is 19.9 Å². The number of halogens is 1. The normalized spacial score (nSPS) is 13.2. The van der Waals surface area contributed by atoms with Crippen LogP contribution < -0.4 is 11.1 Å². The van der Waals surface area contributed by atoms with Crippen LogP contribution in [0.15, 0.2) is 53.3 Å². The van der Waals surface area contributed by atoms with Crippen LogP contribution in [0.2, 0.25) is 5.15 Å². The summed E-state index contributed by atoms with van der Waals surface area (Å²) in [6.45, 7) is 3.22. The second kappa shape index (κ2) is 7.80. The quantitative estimate of drug-likeness (QED) is 0.331. The molecule has 5 rings (SSSR count). The fourth-order valence-corrected chi connectivity index (χ4v) is 3.64. The molecule has 4 aromatic heterocycles. The summed E-state index contributed by atoms with van der Waals surface area (Å²) in [5.74, 6) is 0.796. The van der Waals surface area contributed by atoms with Gasteiger partial charge in [0.25, 0.3) is 5.89 Å². The third kappa shape index (κ3) is 3.73. The number of nitrogens with two attached hydrogens (primary N) is 1. The van der Waals surface area contributed by atoms with Crippen molar-refractivity contribution in [3.05, 3.63) is 65.5 Å². The van der Waals surface area contributed by atoms with Crippen molar-refractivity contribution in [3.8, 4) is 22.7 Å². The van der Waals surface area contributed by atoms with Crippen LogP contribution in [0.3, 0.4) is 0 Å². The highest BCUT2D eigenvalue weighted by Crippen LogP contribution is 2.36. The van der Waals surface area contributed by atoms with Gasteiger partial charge in [-0.05, 0) is 13.0 Å². The minimum Gasteiger partial charge on any atom is -0.421 e. The number of rotatable bonds is 5. The summed E-state index contributed by atoms with van der Waals surface area (Å²) in [7, 11) is 0. The SMILES string of the molecule is Cc1nnc(-c2c(N)ncnc2NC(C)(O)c2cc3ncc(Cl)n3nc2-c2ccccc2)o1. The van der Waals surface area contributed by atoms with Gasteiger partial charge in [0.1, 0.15) is 23.5 Å². The molecule has 0 spiro atoms. The van der Waals surface area contributed by atoms with Crippen LogP contribution in [0.5, 0.6) is 0 Å². The van der Waals surface area contributed by atoms with E-state index in [1.165, 1.54) is 17.0 Å². The number of aliphatic hydroxyl groups is 1. The summed E-state index contributed by atoms with van der Waals surface area (Å²) in [6, 6.07) is 11.1. The molecule has 0 aliphatic carbocycles. The number of imidazole rings is 1. The van der Waals surface area contributed by atoms with E-state index >= 15 is 0 Å². The maximum atomic E-state index is 11.6. The van der Waals surface area contributed by atoms with E-state index in [1.807, 2.05) is 30.3 Å². The van der Waals surface area contributed by atoms with Gasteiger partial charge in [0.15, 0.2) is 16.5 Å². The Morgan fingerprint density at radius 3 is 2.67 bits per heavy atom. The summed E-state index contributed by atoms with van der Waals surface area (Å²) < 4.78 is 7.02. The van der Waals surface area contributed by atoms with Crippen molar-refractivity contribution in [3.63, 3.8) is 0 Å². The van der Waals surface area contributed by atoms with Gasteiger partial charge in [-0.15, -0.1) is 10.2 Å². The summed E-state index contributed by atoms with van der Waals surface area (Å²) in [5, 5.41) is 27.5. The van der Waals surface area contributed by atoms with Crippen LogP contribution in [0, 0.1) is 6.92 Å². The first kappa shape index (κ1) is 20.8. The third-order valence-electron chi connectivity index (χ3n) is 5.00. The molecule has 1 aromatic carbocycles. The topological polar surface area (TPSA) is 153 Å². The molecule has 0 bridgehead atoms. The second-order valence-corrected chi connectivity index (χ2v) is 7.82. The highest BCUT2D eigenvalue weighted by atomic mass is 35.5. The molecule has 1 unspecified atom stereocenters. The van der Waals surface area contributed by atoms with E-state index in [0.29, 0.717) is 27.9 Å². The number of aromatic nitrogens is 7. The van der Waals surface area contributed by atoms with Crippen molar-refractivity contribution in [2.24, 2.45) is 0 Å². The Balaban J connectivity index is 1.66. The van der Waals surface area contributed by atoms with E-state index < -0.39 is 5.72 Å². The molecular weight excluding hydrogens is 446 g/mol. The molecule has 4 N–H and O–H groups in total. The van der Waals surface area contributed by atoms with Crippen LogP contribution in [-0.4, -0.2) is 39.9 Å². The Bertz CT molecular complexity index is 1460. The zero-order valence-corrected chi connectivity index (χ0v) is 18.3. The number of anilines is 2. The Morgan fingerprint density at radius 2 is 1.94 bits per heavy atom. The van der Waals surface area contributed by atoms with E-state index in [2.05, 4.69) is 35.6 Å². The number of nitrogens with one attached hydrogen (secondary N) is 1. The highest BCUT2D eigenvalue weighted by molar-refractivity contribution is 6.29. The average molecular weight is 464 g/mol. The average Bonchev–Trinajstić information content (AvgIpc) is 3.38. The van der Waals surface area contributed by atoms with Crippen LogP contribution in [0.4, 0.5) is 11.6 Å².